The van der Waals surface area contributed by atoms with Crippen molar-refractivity contribution < 1.29 is 37.8 Å². The van der Waals surface area contributed by atoms with E-state index in [0.717, 1.165) is 81.9 Å². The number of fused-ring (bicyclic) bond motifs is 3. The Morgan fingerprint density at radius 3 is 2.03 bits per heavy atom. The summed E-state index contributed by atoms with van der Waals surface area (Å²) in [5, 5.41) is 8.10. The number of carbonyl (C=O) groups excluding carboxylic acids is 2. The van der Waals surface area contributed by atoms with Gasteiger partial charge in [0.15, 0.2) is 11.5 Å². The molecule has 0 bridgehead atoms. The lowest BCUT2D eigenvalue weighted by atomic mass is 9.75. The van der Waals surface area contributed by atoms with Crippen molar-refractivity contribution in [3.05, 3.63) is 199 Å². The molecule has 3 aliphatic rings. The number of ether oxygens (including phenoxy) is 5. The number of carbonyl (C=O) groups is 2. The lowest BCUT2D eigenvalue weighted by Gasteiger charge is -2.29. The van der Waals surface area contributed by atoms with E-state index in [2.05, 4.69) is 219 Å². The van der Waals surface area contributed by atoms with Crippen molar-refractivity contribution in [3.63, 3.8) is 0 Å². The van der Waals surface area contributed by atoms with Crippen LogP contribution in [0.1, 0.15) is 167 Å². The van der Waals surface area contributed by atoms with E-state index >= 15 is 0 Å². The summed E-state index contributed by atoms with van der Waals surface area (Å²) in [4.78, 5) is 30.4. The van der Waals surface area contributed by atoms with Gasteiger partial charge in [-0.25, -0.2) is 4.68 Å². The fourth-order valence-electron chi connectivity index (χ4n) is 13.5. The van der Waals surface area contributed by atoms with Crippen LogP contribution in [0.15, 0.2) is 145 Å². The third kappa shape index (κ3) is 18.7. The summed E-state index contributed by atoms with van der Waals surface area (Å²) in [6.45, 7) is 30.3. The van der Waals surface area contributed by atoms with Crippen LogP contribution in [-0.2, 0) is 54.0 Å². The van der Waals surface area contributed by atoms with E-state index in [1.807, 2.05) is 23.7 Å². The van der Waals surface area contributed by atoms with Crippen molar-refractivity contribution in [3.8, 4) is 5.69 Å². The number of anilines is 2. The summed E-state index contributed by atoms with van der Waals surface area (Å²) < 4.78 is 34.9. The average Bonchev–Trinajstić information content (AvgIpc) is 1.61. The zero-order valence-corrected chi connectivity index (χ0v) is 59.7. The largest absolute Gasteiger partial charge is 0.384 e. The number of halogens is 1. The lowest BCUT2D eigenvalue weighted by molar-refractivity contribution is -0.438. The molecule has 0 fully saturated rings. The number of amides is 1. The summed E-state index contributed by atoms with van der Waals surface area (Å²) in [5.41, 5.74) is 22.5. The third-order valence-corrected chi connectivity index (χ3v) is 19.1. The normalized spacial score (nSPS) is 16.0. The topological polar surface area (TPSA) is 146 Å². The van der Waals surface area contributed by atoms with E-state index in [1.54, 1.807) is 6.07 Å². The minimum atomic E-state index is -0.520. The number of hydrogen-bond donors (Lipinski definition) is 2. The van der Waals surface area contributed by atoms with Crippen LogP contribution in [0.2, 0.25) is 0 Å². The molecule has 3 heterocycles. The number of benzene rings is 5. The highest BCUT2D eigenvalue weighted by Crippen LogP contribution is 2.48. The van der Waals surface area contributed by atoms with Gasteiger partial charge in [0, 0.05) is 103 Å². The first-order valence-electron chi connectivity index (χ1n) is 34.4. The molecule has 5 aromatic carbocycles. The number of allylic oxidation sites excluding steroid dienone is 6. The van der Waals surface area contributed by atoms with E-state index in [4.69, 9.17) is 34.5 Å². The molecule has 1 amide bonds. The number of primary amides is 1. The first kappa shape index (κ1) is 71.7. The number of ketones is 1. The van der Waals surface area contributed by atoms with Crippen LogP contribution in [0.25, 0.3) is 11.3 Å². The predicted octanol–water partition coefficient (Wildman–Crippen LogP) is 15.7. The average molecular weight is 1390 g/mol. The fourth-order valence-corrected chi connectivity index (χ4v) is 14.1. The highest BCUT2D eigenvalue weighted by Gasteiger charge is 2.44. The van der Waals surface area contributed by atoms with Gasteiger partial charge >= 0.3 is 0 Å². The Balaban J connectivity index is 0.712. The molecule has 0 saturated heterocycles. The van der Waals surface area contributed by atoms with Crippen molar-refractivity contribution in [2.24, 2.45) is 11.1 Å². The maximum absolute atomic E-state index is 13.0. The van der Waals surface area contributed by atoms with Crippen LogP contribution in [0.3, 0.4) is 0 Å². The van der Waals surface area contributed by atoms with E-state index in [9.17, 15) is 9.59 Å². The second-order valence-corrected chi connectivity index (χ2v) is 28.4. The van der Waals surface area contributed by atoms with Gasteiger partial charge in [0.05, 0.1) is 86.5 Å². The molecule has 0 spiro atoms. The van der Waals surface area contributed by atoms with Crippen LogP contribution in [0.5, 0.6) is 0 Å². The number of nitrogens with one attached hydrogen (secondary N) is 1. The molecule has 1 aliphatic carbocycles. The molecule has 0 saturated carbocycles. The molecule has 94 heavy (non-hydrogen) atoms. The number of unbranched alkanes of at least 4 members (excludes halogenated alkanes) is 3. The summed E-state index contributed by atoms with van der Waals surface area (Å²) in [7, 11) is 0. The van der Waals surface area contributed by atoms with Crippen molar-refractivity contribution in [2.45, 2.75) is 144 Å². The van der Waals surface area contributed by atoms with Crippen LogP contribution >= 0.6 is 22.6 Å². The van der Waals surface area contributed by atoms with Crippen molar-refractivity contribution in [1.82, 2.24) is 14.7 Å². The number of para-hydroxylation sites is 2. The van der Waals surface area contributed by atoms with Gasteiger partial charge in [-0.15, -0.1) is 0 Å². The fraction of sp³-hybridized carbons (Fsp3) is 0.468. The summed E-state index contributed by atoms with van der Waals surface area (Å²) >= 11 is 2.41. The number of Topliss-reactive ketones (excluding diaryl/α,β-unsaturated/α-hetero) is 1. The Labute approximate surface area is 574 Å². The Bertz CT molecular complexity index is 3640. The molecule has 2 aliphatic heterocycles. The monoisotopic (exact) mass is 1390 g/mol. The molecule has 502 valence electrons. The molecular formula is C79H103IN7O7+. The Kier molecular flexibility index (Phi) is 26.2. The summed E-state index contributed by atoms with van der Waals surface area (Å²) in [6.07, 6.45) is 18.3. The van der Waals surface area contributed by atoms with Gasteiger partial charge < -0.3 is 39.6 Å². The van der Waals surface area contributed by atoms with E-state index in [-0.39, 0.29) is 22.0 Å². The van der Waals surface area contributed by atoms with Crippen molar-refractivity contribution in [2.75, 3.05) is 102 Å². The van der Waals surface area contributed by atoms with Crippen LogP contribution in [0, 0.1) is 15.9 Å². The molecular weight excluding hydrogens is 1290 g/mol. The minimum absolute atomic E-state index is 0.120. The number of nitrogens with zero attached hydrogens (tertiary/aromatic N) is 5. The SMILES string of the molecule is CCCCC[N+]1=C(/C=C/C(=C/C=C2/N(CCCC)c3ccccc3C2(C)C)c2ccc(CN(CCCOCCOCCOCCOCCOCCCNc3cc(-n4nc(C)c5c4CC(C)(C)CC5=O)ccc3C(N)=O)Cc3cccc(I)c3)cc2)C(C)(C)c2ccccc21. The van der Waals surface area contributed by atoms with Crippen molar-refractivity contribution >= 4 is 62.6 Å². The molecule has 14 nitrogen and oxygen atoms in total. The smallest absolute Gasteiger partial charge is 0.250 e. The highest BCUT2D eigenvalue weighted by molar-refractivity contribution is 14.1. The molecule has 0 radical (unpaired) electrons. The molecule has 1 aromatic heterocycles. The third-order valence-electron chi connectivity index (χ3n) is 18.4. The molecule has 0 atom stereocenters. The molecule has 15 heteroatoms. The zero-order chi connectivity index (χ0) is 66.7. The highest BCUT2D eigenvalue weighted by atomic mass is 127. The summed E-state index contributed by atoms with van der Waals surface area (Å²) in [5.74, 6) is -0.400. The minimum Gasteiger partial charge on any atom is -0.384 e. The number of nitrogens with two attached hydrogens (primary N) is 1. The Hall–Kier alpha value is -6.57. The van der Waals surface area contributed by atoms with Crippen molar-refractivity contribution in [1.29, 1.82) is 0 Å². The lowest BCUT2D eigenvalue weighted by Crippen LogP contribution is -2.28. The van der Waals surface area contributed by atoms with Crippen LogP contribution < -0.4 is 16.0 Å². The van der Waals surface area contributed by atoms with Crippen LogP contribution in [0.4, 0.5) is 17.1 Å². The number of rotatable bonds is 38. The standard InChI is InChI=1S/C79H102IN7O7/c1-10-12-18-41-86-70-27-17-15-25-67(70)79(8,9)74(86)37-33-62(32-36-73-78(6,7)66-24-14-16-26-69(66)85(73)40-13-11-2)61-30-28-59(29-31-61)56-84(57-60-22-19-23-63(80)52-60)39-21-43-91-45-47-93-49-51-94-50-48-92-46-44-90-42-20-38-82-68-53-64(34-35-65(68)76(81)89)87-71-54-77(4,5)55-72(88)75(71)58(3)83-87/h14-17,19,22-37,52-53H,10-13,18,20-21,38-51,54-57H2,1-9H3,(H2-,81,82,89)/p+1. The van der Waals surface area contributed by atoms with Gasteiger partial charge in [0.25, 0.3) is 5.91 Å². The quantitative estimate of drug-likeness (QED) is 0.0165. The van der Waals surface area contributed by atoms with E-state index in [0.29, 0.717) is 102 Å². The summed E-state index contributed by atoms with van der Waals surface area (Å²) in [6, 6.07) is 41.5. The molecule has 6 aromatic rings. The zero-order valence-electron chi connectivity index (χ0n) is 57.5. The van der Waals surface area contributed by atoms with Gasteiger partial charge in [-0.1, -0.05) is 133 Å². The second kappa shape index (κ2) is 34.4. The maximum atomic E-state index is 13.0. The number of aromatic nitrogens is 2. The maximum Gasteiger partial charge on any atom is 0.250 e. The molecule has 9 rings (SSSR count). The molecule has 3 N–H and O–H groups in total. The van der Waals surface area contributed by atoms with Gasteiger partial charge in [0.2, 0.25) is 5.69 Å². The number of aryl methyl sites for hydroxylation is 1. The Morgan fingerprint density at radius 1 is 0.702 bits per heavy atom. The first-order valence-corrected chi connectivity index (χ1v) is 35.4. The van der Waals surface area contributed by atoms with E-state index in [1.165, 1.54) is 72.6 Å². The van der Waals surface area contributed by atoms with Gasteiger partial charge in [-0.3, -0.25) is 14.5 Å². The first-order chi connectivity index (χ1) is 45.4. The molecule has 0 unspecified atom stereocenters. The predicted molar refractivity (Wildman–Crippen MR) is 390 cm³/mol. The van der Waals surface area contributed by atoms with Gasteiger partial charge in [0.1, 0.15) is 6.54 Å². The second-order valence-electron chi connectivity index (χ2n) is 27.1. The number of hydrogen-bond acceptors (Lipinski definition) is 11. The van der Waals surface area contributed by atoms with Crippen LogP contribution in [-0.4, -0.2) is 129 Å². The van der Waals surface area contributed by atoms with Gasteiger partial charge in [-0.2, -0.15) is 9.67 Å². The van der Waals surface area contributed by atoms with E-state index < -0.39 is 5.91 Å². The Morgan fingerprint density at radius 2 is 1.35 bits per heavy atom. The van der Waals surface area contributed by atoms with Gasteiger partial charge in [-0.05, 0) is 157 Å².